The number of hydrogen-bond donors (Lipinski definition) is 1. The normalized spacial score (nSPS) is 12.8. The lowest BCUT2D eigenvalue weighted by molar-refractivity contribution is 0.593. The smallest absolute Gasteiger partial charge is 0.152 e. The molecule has 0 amide bonds. The SMILES string of the molecule is CCS(=O)(=O)CC(C)Nc1ccc(C#N)cc1. The van der Waals surface area contributed by atoms with Crippen LogP contribution < -0.4 is 5.32 Å². The van der Waals surface area contributed by atoms with Gasteiger partial charge in [0.05, 0.1) is 17.4 Å². The third-order valence-corrected chi connectivity index (χ3v) is 4.26. The number of nitriles is 1. The number of benzene rings is 1. The first kappa shape index (κ1) is 13.5. The van der Waals surface area contributed by atoms with Crippen molar-refractivity contribution in [1.82, 2.24) is 0 Å². The first-order valence-corrected chi connectivity index (χ1v) is 7.26. The van der Waals surface area contributed by atoms with E-state index in [2.05, 4.69) is 5.32 Å². The van der Waals surface area contributed by atoms with Crippen molar-refractivity contribution < 1.29 is 8.42 Å². The molecule has 0 aliphatic rings. The van der Waals surface area contributed by atoms with Crippen molar-refractivity contribution in [3.05, 3.63) is 29.8 Å². The zero-order valence-corrected chi connectivity index (χ0v) is 10.8. The van der Waals surface area contributed by atoms with E-state index < -0.39 is 9.84 Å². The lowest BCUT2D eigenvalue weighted by atomic mass is 10.2. The molecule has 17 heavy (non-hydrogen) atoms. The van der Waals surface area contributed by atoms with Gasteiger partial charge in [0, 0.05) is 17.5 Å². The van der Waals surface area contributed by atoms with E-state index >= 15 is 0 Å². The Balaban J connectivity index is 2.62. The third-order valence-electron chi connectivity index (χ3n) is 2.37. The molecule has 0 aliphatic heterocycles. The van der Waals surface area contributed by atoms with Crippen LogP contribution in [0.15, 0.2) is 24.3 Å². The maximum Gasteiger partial charge on any atom is 0.152 e. The molecule has 1 aromatic carbocycles. The highest BCUT2D eigenvalue weighted by molar-refractivity contribution is 7.91. The van der Waals surface area contributed by atoms with Gasteiger partial charge in [-0.2, -0.15) is 5.26 Å². The fraction of sp³-hybridized carbons (Fsp3) is 0.417. The summed E-state index contributed by atoms with van der Waals surface area (Å²) >= 11 is 0. The third kappa shape index (κ3) is 4.45. The summed E-state index contributed by atoms with van der Waals surface area (Å²) in [6.07, 6.45) is 0. The lowest BCUT2D eigenvalue weighted by Crippen LogP contribution is -2.26. The fourth-order valence-electron chi connectivity index (χ4n) is 1.47. The lowest BCUT2D eigenvalue weighted by Gasteiger charge is -2.14. The highest BCUT2D eigenvalue weighted by Gasteiger charge is 2.13. The molecule has 1 rings (SSSR count). The predicted octanol–water partition coefficient (Wildman–Crippen LogP) is 1.79. The molecule has 5 heteroatoms. The number of nitrogens with one attached hydrogen (secondary N) is 1. The quantitative estimate of drug-likeness (QED) is 0.867. The van der Waals surface area contributed by atoms with Gasteiger partial charge in [-0.1, -0.05) is 6.92 Å². The summed E-state index contributed by atoms with van der Waals surface area (Å²) in [4.78, 5) is 0. The molecule has 4 nitrogen and oxygen atoms in total. The Morgan fingerprint density at radius 2 is 1.94 bits per heavy atom. The van der Waals surface area contributed by atoms with E-state index in [9.17, 15) is 8.42 Å². The molecule has 0 aromatic heterocycles. The minimum atomic E-state index is -2.97. The molecule has 1 unspecified atom stereocenters. The number of rotatable bonds is 5. The van der Waals surface area contributed by atoms with Gasteiger partial charge in [0.25, 0.3) is 0 Å². The summed E-state index contributed by atoms with van der Waals surface area (Å²) in [5.41, 5.74) is 1.41. The summed E-state index contributed by atoms with van der Waals surface area (Å²) in [5.74, 6) is 0.274. The van der Waals surface area contributed by atoms with Crippen LogP contribution in [-0.4, -0.2) is 26.0 Å². The Kier molecular flexibility index (Phi) is 4.53. The average molecular weight is 252 g/mol. The Morgan fingerprint density at radius 1 is 1.35 bits per heavy atom. The van der Waals surface area contributed by atoms with Crippen LogP contribution in [0.2, 0.25) is 0 Å². The number of hydrogen-bond acceptors (Lipinski definition) is 4. The van der Waals surface area contributed by atoms with E-state index in [4.69, 9.17) is 5.26 Å². The molecule has 0 saturated carbocycles. The van der Waals surface area contributed by atoms with Gasteiger partial charge in [-0.3, -0.25) is 0 Å². The summed E-state index contributed by atoms with van der Waals surface area (Å²) < 4.78 is 22.8. The molecular weight excluding hydrogens is 236 g/mol. The Bertz CT molecular complexity index is 500. The Hall–Kier alpha value is -1.54. The summed E-state index contributed by atoms with van der Waals surface area (Å²) in [6.45, 7) is 3.47. The molecule has 0 radical (unpaired) electrons. The molecular formula is C12H16N2O2S. The second kappa shape index (κ2) is 5.69. The van der Waals surface area contributed by atoms with Gasteiger partial charge < -0.3 is 5.32 Å². The molecule has 0 heterocycles. The van der Waals surface area contributed by atoms with Crippen molar-refractivity contribution in [2.45, 2.75) is 19.9 Å². The van der Waals surface area contributed by atoms with Crippen LogP contribution in [0.5, 0.6) is 0 Å². The maximum atomic E-state index is 11.4. The van der Waals surface area contributed by atoms with E-state index in [1.165, 1.54) is 0 Å². The number of nitrogens with zero attached hydrogens (tertiary/aromatic N) is 1. The van der Waals surface area contributed by atoms with Crippen molar-refractivity contribution in [2.24, 2.45) is 0 Å². The molecule has 0 aliphatic carbocycles. The molecule has 1 atom stereocenters. The van der Waals surface area contributed by atoms with Gasteiger partial charge in [-0.05, 0) is 31.2 Å². The fourth-order valence-corrected chi connectivity index (χ4v) is 2.55. The highest BCUT2D eigenvalue weighted by atomic mass is 32.2. The second-order valence-corrected chi connectivity index (χ2v) is 6.33. The van der Waals surface area contributed by atoms with Crippen LogP contribution in [-0.2, 0) is 9.84 Å². The average Bonchev–Trinajstić information content (AvgIpc) is 2.29. The molecule has 0 fully saturated rings. The summed E-state index contributed by atoms with van der Waals surface area (Å²) in [6, 6.07) is 8.82. The van der Waals surface area contributed by atoms with Crippen molar-refractivity contribution in [3.63, 3.8) is 0 Å². The zero-order chi connectivity index (χ0) is 12.9. The van der Waals surface area contributed by atoms with Gasteiger partial charge in [-0.25, -0.2) is 8.42 Å². The summed E-state index contributed by atoms with van der Waals surface area (Å²) in [7, 11) is -2.97. The van der Waals surface area contributed by atoms with Gasteiger partial charge in [-0.15, -0.1) is 0 Å². The minimum absolute atomic E-state index is 0.115. The molecule has 1 aromatic rings. The standard InChI is InChI=1S/C12H16N2O2S/c1-3-17(15,16)9-10(2)14-12-6-4-11(8-13)5-7-12/h4-7,10,14H,3,9H2,1-2H3. The Morgan fingerprint density at radius 3 is 2.41 bits per heavy atom. The monoisotopic (exact) mass is 252 g/mol. The van der Waals surface area contributed by atoms with Crippen LogP contribution in [0.1, 0.15) is 19.4 Å². The van der Waals surface area contributed by atoms with E-state index in [0.29, 0.717) is 5.56 Å². The zero-order valence-electron chi connectivity index (χ0n) is 9.97. The van der Waals surface area contributed by atoms with Gasteiger partial charge in [0.15, 0.2) is 9.84 Å². The first-order valence-electron chi connectivity index (χ1n) is 5.44. The van der Waals surface area contributed by atoms with Crippen LogP contribution in [0.4, 0.5) is 5.69 Å². The van der Waals surface area contributed by atoms with Crippen molar-refractivity contribution in [3.8, 4) is 6.07 Å². The molecule has 92 valence electrons. The van der Waals surface area contributed by atoms with E-state index in [-0.39, 0.29) is 17.5 Å². The van der Waals surface area contributed by atoms with Gasteiger partial charge in [0.2, 0.25) is 0 Å². The van der Waals surface area contributed by atoms with E-state index in [1.54, 1.807) is 31.2 Å². The van der Waals surface area contributed by atoms with Gasteiger partial charge in [0.1, 0.15) is 0 Å². The molecule has 0 bridgehead atoms. The van der Waals surface area contributed by atoms with Crippen molar-refractivity contribution >= 4 is 15.5 Å². The molecule has 0 saturated heterocycles. The predicted molar refractivity (Wildman–Crippen MR) is 68.6 cm³/mol. The first-order chi connectivity index (χ1) is 7.96. The molecule has 1 N–H and O–H groups in total. The number of sulfone groups is 1. The largest absolute Gasteiger partial charge is 0.382 e. The van der Waals surface area contributed by atoms with Crippen molar-refractivity contribution in [1.29, 1.82) is 5.26 Å². The van der Waals surface area contributed by atoms with Crippen LogP contribution in [0.3, 0.4) is 0 Å². The Labute approximate surface area is 102 Å². The van der Waals surface area contributed by atoms with Crippen LogP contribution in [0.25, 0.3) is 0 Å². The topological polar surface area (TPSA) is 70.0 Å². The molecule has 0 spiro atoms. The highest BCUT2D eigenvalue weighted by Crippen LogP contribution is 2.11. The minimum Gasteiger partial charge on any atom is -0.382 e. The number of anilines is 1. The second-order valence-electron chi connectivity index (χ2n) is 3.93. The van der Waals surface area contributed by atoms with Crippen LogP contribution in [0, 0.1) is 11.3 Å². The summed E-state index contributed by atoms with van der Waals surface area (Å²) in [5, 5.41) is 11.7. The van der Waals surface area contributed by atoms with Crippen molar-refractivity contribution in [2.75, 3.05) is 16.8 Å². The van der Waals surface area contributed by atoms with E-state index in [0.717, 1.165) is 5.69 Å². The van der Waals surface area contributed by atoms with Gasteiger partial charge >= 0.3 is 0 Å². The van der Waals surface area contributed by atoms with E-state index in [1.807, 2.05) is 13.0 Å². The maximum absolute atomic E-state index is 11.4. The van der Waals surface area contributed by atoms with Crippen LogP contribution >= 0.6 is 0 Å².